The Bertz CT molecular complexity index is 905. The molecule has 28 heavy (non-hydrogen) atoms. The van der Waals surface area contributed by atoms with E-state index in [4.69, 9.17) is 4.74 Å². The number of hydrogen-bond donors (Lipinski definition) is 0. The van der Waals surface area contributed by atoms with Gasteiger partial charge in [0.25, 0.3) is 5.91 Å². The van der Waals surface area contributed by atoms with Crippen molar-refractivity contribution in [3.63, 3.8) is 0 Å². The molecule has 0 spiro atoms. The number of likely N-dealkylation sites (tertiary alicyclic amines) is 1. The topological polar surface area (TPSA) is 60.2 Å². The third kappa shape index (κ3) is 4.06. The molecule has 0 saturated carbocycles. The maximum atomic E-state index is 13.0. The van der Waals surface area contributed by atoms with Crippen molar-refractivity contribution in [2.24, 2.45) is 5.92 Å². The van der Waals surface area contributed by atoms with Crippen molar-refractivity contribution in [2.45, 2.75) is 19.4 Å². The highest BCUT2D eigenvalue weighted by Crippen LogP contribution is 2.23. The van der Waals surface area contributed by atoms with E-state index in [1.807, 2.05) is 53.8 Å². The van der Waals surface area contributed by atoms with E-state index < -0.39 is 0 Å². The van der Waals surface area contributed by atoms with Gasteiger partial charge >= 0.3 is 0 Å². The van der Waals surface area contributed by atoms with Gasteiger partial charge in [0.15, 0.2) is 0 Å². The van der Waals surface area contributed by atoms with Crippen LogP contribution in [0.15, 0.2) is 61.3 Å². The van der Waals surface area contributed by atoms with Gasteiger partial charge in [0.2, 0.25) is 5.88 Å². The highest BCUT2D eigenvalue weighted by molar-refractivity contribution is 5.94. The van der Waals surface area contributed by atoms with Crippen LogP contribution in [-0.4, -0.2) is 45.5 Å². The van der Waals surface area contributed by atoms with Crippen LogP contribution in [0.1, 0.15) is 23.2 Å². The lowest BCUT2D eigenvalue weighted by Crippen LogP contribution is -2.41. The first-order valence-corrected chi connectivity index (χ1v) is 9.58. The van der Waals surface area contributed by atoms with Crippen LogP contribution in [-0.2, 0) is 6.54 Å². The van der Waals surface area contributed by atoms with Crippen LogP contribution in [0.2, 0.25) is 0 Å². The maximum absolute atomic E-state index is 13.0. The second kappa shape index (κ2) is 8.25. The number of benzene rings is 1. The van der Waals surface area contributed by atoms with Crippen molar-refractivity contribution < 1.29 is 9.53 Å². The summed E-state index contributed by atoms with van der Waals surface area (Å²) in [6.07, 6.45) is 9.58. The van der Waals surface area contributed by atoms with E-state index in [1.54, 1.807) is 19.5 Å². The quantitative estimate of drug-likeness (QED) is 0.684. The highest BCUT2D eigenvalue weighted by Gasteiger charge is 2.24. The number of carbonyl (C=O) groups excluding carboxylic acids is 1. The molecule has 0 N–H and O–H groups in total. The Morgan fingerprint density at radius 3 is 2.68 bits per heavy atom. The summed E-state index contributed by atoms with van der Waals surface area (Å²) in [5.41, 5.74) is 2.76. The van der Waals surface area contributed by atoms with Gasteiger partial charge in [-0.3, -0.25) is 4.79 Å². The highest BCUT2D eigenvalue weighted by atomic mass is 16.5. The number of carbonyl (C=O) groups is 1. The summed E-state index contributed by atoms with van der Waals surface area (Å²) in [4.78, 5) is 23.3. The predicted octanol–water partition coefficient (Wildman–Crippen LogP) is 3.51. The van der Waals surface area contributed by atoms with Crippen molar-refractivity contribution in [3.05, 3.63) is 66.9 Å². The third-order valence-electron chi connectivity index (χ3n) is 5.25. The lowest BCUT2D eigenvalue weighted by atomic mass is 9.97. The number of pyridine rings is 1. The molecule has 2 aromatic heterocycles. The first kappa shape index (κ1) is 18.2. The molecule has 1 amide bonds. The second-order valence-electron chi connectivity index (χ2n) is 7.19. The third-order valence-corrected chi connectivity index (χ3v) is 5.25. The number of methoxy groups -OCH3 is 1. The molecule has 0 bridgehead atoms. The molecule has 144 valence electrons. The fraction of sp³-hybridized carbons (Fsp3) is 0.318. The van der Waals surface area contributed by atoms with Gasteiger partial charge in [0.1, 0.15) is 0 Å². The zero-order chi connectivity index (χ0) is 19.3. The molecule has 6 heteroatoms. The largest absolute Gasteiger partial charge is 0.481 e. The molecular weight excluding hydrogens is 352 g/mol. The Kier molecular flexibility index (Phi) is 5.37. The minimum Gasteiger partial charge on any atom is -0.481 e. The molecule has 1 atom stereocenters. The molecule has 4 rings (SSSR count). The molecule has 1 aliphatic rings. The maximum Gasteiger partial charge on any atom is 0.253 e. The van der Waals surface area contributed by atoms with Gasteiger partial charge in [0, 0.05) is 55.4 Å². The summed E-state index contributed by atoms with van der Waals surface area (Å²) >= 11 is 0. The molecule has 1 unspecified atom stereocenters. The van der Waals surface area contributed by atoms with Crippen LogP contribution in [0.25, 0.3) is 11.1 Å². The normalized spacial score (nSPS) is 16.8. The van der Waals surface area contributed by atoms with Gasteiger partial charge in [-0.1, -0.05) is 12.1 Å². The summed E-state index contributed by atoms with van der Waals surface area (Å²) in [6, 6.07) is 11.6. The van der Waals surface area contributed by atoms with Gasteiger partial charge in [0.05, 0.1) is 13.4 Å². The number of rotatable bonds is 5. The summed E-state index contributed by atoms with van der Waals surface area (Å²) in [5, 5.41) is 0. The van der Waals surface area contributed by atoms with Crippen molar-refractivity contribution in [2.75, 3.05) is 20.2 Å². The minimum absolute atomic E-state index is 0.106. The lowest BCUT2D eigenvalue weighted by molar-refractivity contribution is 0.0662. The van der Waals surface area contributed by atoms with E-state index in [2.05, 4.69) is 14.5 Å². The molecular formula is C22H24N4O2. The number of nitrogens with zero attached hydrogens (tertiary/aromatic N) is 4. The molecule has 3 aromatic rings. The Labute approximate surface area is 164 Å². The SMILES string of the molecule is COc1ccc(-c2ccc(C(=O)N3CCCC(Cn4ccnc4)C3)cc2)cn1. The van der Waals surface area contributed by atoms with Crippen molar-refractivity contribution in [1.29, 1.82) is 0 Å². The van der Waals surface area contributed by atoms with Crippen LogP contribution in [0.5, 0.6) is 5.88 Å². The Morgan fingerprint density at radius 1 is 1.18 bits per heavy atom. The van der Waals surface area contributed by atoms with Crippen LogP contribution < -0.4 is 4.74 Å². The monoisotopic (exact) mass is 376 g/mol. The number of imidazole rings is 1. The predicted molar refractivity (Wildman–Crippen MR) is 107 cm³/mol. The first-order chi connectivity index (χ1) is 13.7. The number of aromatic nitrogens is 3. The van der Waals surface area contributed by atoms with Crippen LogP contribution >= 0.6 is 0 Å². The fourth-order valence-electron chi connectivity index (χ4n) is 3.75. The van der Waals surface area contributed by atoms with Gasteiger partial charge in [-0.15, -0.1) is 0 Å². The minimum atomic E-state index is 0.106. The first-order valence-electron chi connectivity index (χ1n) is 9.58. The fourth-order valence-corrected chi connectivity index (χ4v) is 3.75. The number of hydrogen-bond acceptors (Lipinski definition) is 4. The Balaban J connectivity index is 1.42. The summed E-state index contributed by atoms with van der Waals surface area (Å²) in [7, 11) is 1.60. The van der Waals surface area contributed by atoms with Crippen LogP contribution in [0.4, 0.5) is 0 Å². The van der Waals surface area contributed by atoms with Crippen molar-refractivity contribution in [1.82, 2.24) is 19.4 Å². The molecule has 6 nitrogen and oxygen atoms in total. The van der Waals surface area contributed by atoms with Gasteiger partial charge in [-0.05, 0) is 42.5 Å². The second-order valence-corrected chi connectivity index (χ2v) is 7.19. The molecule has 1 aliphatic heterocycles. The lowest BCUT2D eigenvalue weighted by Gasteiger charge is -2.33. The van der Waals surface area contributed by atoms with E-state index in [0.717, 1.165) is 49.2 Å². The average molecular weight is 376 g/mol. The van der Waals surface area contributed by atoms with Crippen LogP contribution in [0.3, 0.4) is 0 Å². The molecule has 1 fully saturated rings. The van der Waals surface area contributed by atoms with Gasteiger partial charge in [-0.2, -0.15) is 0 Å². The molecule has 1 aromatic carbocycles. The molecule has 0 radical (unpaired) electrons. The van der Waals surface area contributed by atoms with Crippen LogP contribution in [0, 0.1) is 5.92 Å². The summed E-state index contributed by atoms with van der Waals surface area (Å²) in [5.74, 6) is 1.16. The van der Waals surface area contributed by atoms with E-state index in [9.17, 15) is 4.79 Å². The standard InChI is InChI=1S/C22H24N4O2/c1-28-21-9-8-20(13-24-21)18-4-6-19(7-5-18)22(27)26-11-2-3-17(15-26)14-25-12-10-23-16-25/h4-10,12-13,16-17H,2-3,11,14-15H2,1H3. The smallest absolute Gasteiger partial charge is 0.253 e. The number of piperidine rings is 1. The number of amides is 1. The average Bonchev–Trinajstić information content (AvgIpc) is 3.27. The zero-order valence-corrected chi connectivity index (χ0v) is 16.0. The van der Waals surface area contributed by atoms with E-state index in [-0.39, 0.29) is 5.91 Å². The zero-order valence-electron chi connectivity index (χ0n) is 16.0. The Morgan fingerprint density at radius 2 is 2.00 bits per heavy atom. The molecule has 3 heterocycles. The van der Waals surface area contributed by atoms with E-state index in [1.165, 1.54) is 0 Å². The van der Waals surface area contributed by atoms with E-state index in [0.29, 0.717) is 11.8 Å². The van der Waals surface area contributed by atoms with Crippen molar-refractivity contribution in [3.8, 4) is 17.0 Å². The molecule has 1 saturated heterocycles. The number of ether oxygens (including phenoxy) is 1. The van der Waals surface area contributed by atoms with Crippen molar-refractivity contribution >= 4 is 5.91 Å². The van der Waals surface area contributed by atoms with E-state index >= 15 is 0 Å². The summed E-state index contributed by atoms with van der Waals surface area (Å²) in [6.45, 7) is 2.53. The van der Waals surface area contributed by atoms with Gasteiger partial charge in [-0.25, -0.2) is 9.97 Å². The Hall–Kier alpha value is -3.15. The molecule has 0 aliphatic carbocycles. The summed E-state index contributed by atoms with van der Waals surface area (Å²) < 4.78 is 7.19. The van der Waals surface area contributed by atoms with Gasteiger partial charge < -0.3 is 14.2 Å².